The molecule has 4 nitrogen and oxygen atoms in total. The number of amides is 1. The molecule has 0 aromatic rings. The van der Waals surface area contributed by atoms with E-state index in [2.05, 4.69) is 5.32 Å². The molecule has 0 aliphatic carbocycles. The minimum atomic E-state index is -0.956. The lowest BCUT2D eigenvalue weighted by Crippen LogP contribution is -2.30. The molecule has 2 N–H and O–H groups in total. The molecule has 1 amide bonds. The van der Waals surface area contributed by atoms with E-state index in [4.69, 9.17) is 11.5 Å². The lowest BCUT2D eigenvalue weighted by atomic mass is 10.2. The maximum atomic E-state index is 10.4. The molecule has 60 valence electrons. The van der Waals surface area contributed by atoms with Gasteiger partial charge in [0, 0.05) is 6.54 Å². The highest BCUT2D eigenvalue weighted by molar-refractivity contribution is 5.93. The van der Waals surface area contributed by atoms with E-state index in [1.54, 1.807) is 0 Å². The van der Waals surface area contributed by atoms with Gasteiger partial charge in [-0.2, -0.15) is 0 Å². The average molecular weight is 155 g/mol. The third-order valence-electron chi connectivity index (χ3n) is 1.12. The molecule has 0 spiro atoms. The van der Waals surface area contributed by atoms with Crippen molar-refractivity contribution in [3.63, 3.8) is 0 Å². The summed E-state index contributed by atoms with van der Waals surface area (Å²) in [7, 11) is 0. The highest BCUT2D eigenvalue weighted by atomic mass is 16.4. The number of rotatable bonds is 3. The quantitative estimate of drug-likeness (QED) is 0.538. The van der Waals surface area contributed by atoms with Crippen molar-refractivity contribution in [1.82, 2.24) is 5.32 Å². The maximum Gasteiger partial charge on any atom is 0.308 e. The molecule has 0 fully saturated rings. The largest absolute Gasteiger partial charge is 0.481 e. The predicted octanol–water partition coefficient (Wildman–Crippen LogP) is -0.544. The Balaban J connectivity index is 3.64. The van der Waals surface area contributed by atoms with Crippen LogP contribution in [0.4, 0.5) is 0 Å². The Morgan fingerprint density at radius 2 is 2.27 bits per heavy atom. The lowest BCUT2D eigenvalue weighted by molar-refractivity contribution is -0.141. The number of carboxylic acids is 1. The van der Waals surface area contributed by atoms with Crippen molar-refractivity contribution >= 4 is 11.9 Å². The van der Waals surface area contributed by atoms with E-state index in [-0.39, 0.29) is 6.54 Å². The van der Waals surface area contributed by atoms with Crippen LogP contribution in [0.25, 0.3) is 0 Å². The zero-order chi connectivity index (χ0) is 8.85. The SMILES string of the molecule is C#CC(=O)NCC(C)C(=O)O. The van der Waals surface area contributed by atoms with Crippen LogP contribution in [0, 0.1) is 18.3 Å². The van der Waals surface area contributed by atoms with Crippen LogP contribution >= 0.6 is 0 Å². The van der Waals surface area contributed by atoms with E-state index in [1.807, 2.05) is 5.92 Å². The van der Waals surface area contributed by atoms with Crippen molar-refractivity contribution in [2.24, 2.45) is 5.92 Å². The molecule has 0 aliphatic rings. The van der Waals surface area contributed by atoms with Gasteiger partial charge in [0.2, 0.25) is 0 Å². The predicted molar refractivity (Wildman–Crippen MR) is 38.6 cm³/mol. The fraction of sp³-hybridized carbons (Fsp3) is 0.429. The van der Waals surface area contributed by atoms with Gasteiger partial charge in [-0.1, -0.05) is 6.92 Å². The zero-order valence-corrected chi connectivity index (χ0v) is 6.13. The number of carbonyl (C=O) groups excluding carboxylic acids is 1. The Hall–Kier alpha value is -1.50. The summed E-state index contributed by atoms with van der Waals surface area (Å²) in [6, 6.07) is 0. The first-order valence-corrected chi connectivity index (χ1v) is 3.05. The van der Waals surface area contributed by atoms with Gasteiger partial charge < -0.3 is 10.4 Å². The summed E-state index contributed by atoms with van der Waals surface area (Å²) in [5.74, 6) is -0.329. The Kier molecular flexibility index (Phi) is 3.75. The summed E-state index contributed by atoms with van der Waals surface area (Å²) in [5.41, 5.74) is 0. The number of nitrogens with one attached hydrogen (secondary N) is 1. The van der Waals surface area contributed by atoms with E-state index in [1.165, 1.54) is 6.92 Å². The van der Waals surface area contributed by atoms with Crippen LogP contribution in [-0.2, 0) is 9.59 Å². The van der Waals surface area contributed by atoms with E-state index >= 15 is 0 Å². The van der Waals surface area contributed by atoms with Crippen molar-refractivity contribution in [2.75, 3.05) is 6.54 Å². The van der Waals surface area contributed by atoms with Crippen LogP contribution in [-0.4, -0.2) is 23.5 Å². The maximum absolute atomic E-state index is 10.4. The van der Waals surface area contributed by atoms with E-state index < -0.39 is 17.8 Å². The van der Waals surface area contributed by atoms with Crippen LogP contribution in [0.5, 0.6) is 0 Å². The zero-order valence-electron chi connectivity index (χ0n) is 6.13. The molecule has 0 aromatic carbocycles. The molecular weight excluding hydrogens is 146 g/mol. The number of hydrogen-bond acceptors (Lipinski definition) is 2. The summed E-state index contributed by atoms with van der Waals surface area (Å²) in [4.78, 5) is 20.6. The fourth-order valence-corrected chi connectivity index (χ4v) is 0.384. The molecule has 1 unspecified atom stereocenters. The van der Waals surface area contributed by atoms with E-state index in [9.17, 15) is 9.59 Å². The van der Waals surface area contributed by atoms with Gasteiger partial charge in [0.25, 0.3) is 5.91 Å². The van der Waals surface area contributed by atoms with Gasteiger partial charge in [-0.3, -0.25) is 9.59 Å². The van der Waals surface area contributed by atoms with Crippen LogP contribution < -0.4 is 5.32 Å². The lowest BCUT2D eigenvalue weighted by Gasteiger charge is -2.04. The van der Waals surface area contributed by atoms with Crippen molar-refractivity contribution < 1.29 is 14.7 Å². The highest BCUT2D eigenvalue weighted by Gasteiger charge is 2.10. The molecule has 11 heavy (non-hydrogen) atoms. The van der Waals surface area contributed by atoms with Crippen LogP contribution in [0.1, 0.15) is 6.92 Å². The minimum absolute atomic E-state index is 0.0678. The van der Waals surface area contributed by atoms with Crippen LogP contribution in [0.2, 0.25) is 0 Å². The molecule has 0 saturated carbocycles. The topological polar surface area (TPSA) is 66.4 Å². The number of hydrogen-bond donors (Lipinski definition) is 2. The summed E-state index contributed by atoms with van der Waals surface area (Å²) in [6.07, 6.45) is 4.72. The molecular formula is C7H9NO3. The van der Waals surface area contributed by atoms with Crippen molar-refractivity contribution in [2.45, 2.75) is 6.92 Å². The molecule has 0 saturated heterocycles. The number of terminal acetylenes is 1. The first kappa shape index (κ1) is 9.50. The minimum Gasteiger partial charge on any atom is -0.481 e. The normalized spacial score (nSPS) is 11.3. The summed E-state index contributed by atoms with van der Waals surface area (Å²) >= 11 is 0. The number of aliphatic carboxylic acids is 1. The Morgan fingerprint density at radius 1 is 1.73 bits per heavy atom. The van der Waals surface area contributed by atoms with Crippen molar-refractivity contribution in [1.29, 1.82) is 0 Å². The van der Waals surface area contributed by atoms with Crippen LogP contribution in [0.15, 0.2) is 0 Å². The van der Waals surface area contributed by atoms with Gasteiger partial charge >= 0.3 is 5.97 Å². The van der Waals surface area contributed by atoms with E-state index in [0.29, 0.717) is 0 Å². The molecule has 0 aromatic heterocycles. The molecule has 4 heteroatoms. The molecule has 0 aliphatic heterocycles. The first-order chi connectivity index (χ1) is 5.07. The van der Waals surface area contributed by atoms with Gasteiger partial charge in [0.05, 0.1) is 5.92 Å². The van der Waals surface area contributed by atoms with Crippen molar-refractivity contribution in [3.8, 4) is 12.3 Å². The Labute approximate surface area is 64.6 Å². The second-order valence-electron chi connectivity index (χ2n) is 2.09. The van der Waals surface area contributed by atoms with Gasteiger partial charge in [0.15, 0.2) is 0 Å². The van der Waals surface area contributed by atoms with Gasteiger partial charge in [0.1, 0.15) is 0 Å². The summed E-state index contributed by atoms with van der Waals surface area (Å²) in [6.45, 7) is 1.55. The number of carboxylic acid groups (broad SMARTS) is 1. The van der Waals surface area contributed by atoms with Gasteiger partial charge in [-0.25, -0.2) is 0 Å². The standard InChI is InChI=1S/C7H9NO3/c1-3-6(9)8-4-5(2)7(10)11/h1,5H,4H2,2H3,(H,8,9)(H,10,11). The second-order valence-corrected chi connectivity index (χ2v) is 2.09. The smallest absolute Gasteiger partial charge is 0.308 e. The third kappa shape index (κ3) is 3.98. The molecule has 0 heterocycles. The van der Waals surface area contributed by atoms with Crippen molar-refractivity contribution in [3.05, 3.63) is 0 Å². The molecule has 0 rings (SSSR count). The highest BCUT2D eigenvalue weighted by Crippen LogP contribution is 1.90. The van der Waals surface area contributed by atoms with Crippen LogP contribution in [0.3, 0.4) is 0 Å². The molecule has 0 radical (unpaired) electrons. The monoisotopic (exact) mass is 155 g/mol. The van der Waals surface area contributed by atoms with Gasteiger partial charge in [-0.15, -0.1) is 6.42 Å². The number of carbonyl (C=O) groups is 2. The second kappa shape index (κ2) is 4.34. The fourth-order valence-electron chi connectivity index (χ4n) is 0.384. The molecule has 0 bridgehead atoms. The van der Waals surface area contributed by atoms with E-state index in [0.717, 1.165) is 0 Å². The Bertz CT molecular complexity index is 204. The van der Waals surface area contributed by atoms with Gasteiger partial charge in [-0.05, 0) is 5.92 Å². The Morgan fingerprint density at radius 3 is 2.64 bits per heavy atom. The summed E-state index contributed by atoms with van der Waals surface area (Å²) in [5, 5.41) is 10.6. The third-order valence-corrected chi connectivity index (χ3v) is 1.12. The first-order valence-electron chi connectivity index (χ1n) is 3.05. The average Bonchev–Trinajstić information content (AvgIpc) is 1.99. The summed E-state index contributed by atoms with van der Waals surface area (Å²) < 4.78 is 0. The molecule has 1 atom stereocenters.